The van der Waals surface area contributed by atoms with E-state index in [1.54, 1.807) is 11.8 Å². The Bertz CT molecular complexity index is 1110. The van der Waals surface area contributed by atoms with Crippen molar-refractivity contribution in [3.63, 3.8) is 0 Å². The Balaban J connectivity index is 1.07. The summed E-state index contributed by atoms with van der Waals surface area (Å²) in [5, 5.41) is 6.23. The summed E-state index contributed by atoms with van der Waals surface area (Å²) in [6.07, 6.45) is 11.5. The molecule has 3 heterocycles. The van der Waals surface area contributed by atoms with E-state index in [2.05, 4.69) is 21.8 Å². The molecule has 1 aromatic carbocycles. The molecule has 1 saturated carbocycles. The molecule has 7 nitrogen and oxygen atoms in total. The van der Waals surface area contributed by atoms with Crippen molar-refractivity contribution < 1.29 is 9.59 Å². The minimum absolute atomic E-state index is 0.0570. The normalized spacial score (nSPS) is 17.4. The molecule has 3 amide bonds. The number of aromatic nitrogens is 2. The highest BCUT2D eigenvalue weighted by Gasteiger charge is 2.25. The second-order valence-electron chi connectivity index (χ2n) is 9.53. The fourth-order valence-electron chi connectivity index (χ4n) is 4.98. The van der Waals surface area contributed by atoms with Crippen LogP contribution in [0.2, 0.25) is 0 Å². The van der Waals surface area contributed by atoms with Gasteiger partial charge in [-0.2, -0.15) is 0 Å². The number of carbonyl (C=O) groups excluding carboxylic acids is 2. The van der Waals surface area contributed by atoms with E-state index in [1.165, 1.54) is 19.3 Å². The molecule has 0 bridgehead atoms. The van der Waals surface area contributed by atoms with Crippen LogP contribution in [0.25, 0.3) is 5.65 Å². The number of rotatable bonds is 6. The van der Waals surface area contributed by atoms with Crippen LogP contribution in [0.4, 0.5) is 4.79 Å². The van der Waals surface area contributed by atoms with Crippen LogP contribution in [0.1, 0.15) is 61.0 Å². The van der Waals surface area contributed by atoms with Crippen LogP contribution in [0, 0.1) is 0 Å². The van der Waals surface area contributed by atoms with E-state index in [0.717, 1.165) is 47.7 Å². The van der Waals surface area contributed by atoms with Gasteiger partial charge in [-0.3, -0.25) is 4.79 Å². The molecule has 1 aliphatic heterocycles. The maximum atomic E-state index is 13.0. The fourth-order valence-corrected chi connectivity index (χ4v) is 5.76. The van der Waals surface area contributed by atoms with Gasteiger partial charge in [-0.15, -0.1) is 11.8 Å². The van der Waals surface area contributed by atoms with Gasteiger partial charge in [-0.05, 0) is 62.1 Å². The van der Waals surface area contributed by atoms with Crippen molar-refractivity contribution >= 4 is 29.3 Å². The Labute approximate surface area is 210 Å². The van der Waals surface area contributed by atoms with Crippen molar-refractivity contribution in [1.82, 2.24) is 24.9 Å². The molecule has 184 valence electrons. The minimum Gasteiger partial charge on any atom is -0.338 e. The van der Waals surface area contributed by atoms with Gasteiger partial charge in [0.2, 0.25) is 0 Å². The first-order valence-electron chi connectivity index (χ1n) is 12.7. The third-order valence-corrected chi connectivity index (χ3v) is 8.01. The summed E-state index contributed by atoms with van der Waals surface area (Å²) in [7, 11) is 0. The lowest BCUT2D eigenvalue weighted by Crippen LogP contribution is -2.51. The molecular weight excluding hydrogens is 458 g/mol. The molecule has 1 saturated heterocycles. The number of fused-ring (bicyclic) bond motifs is 1. The molecule has 1 aliphatic carbocycles. The zero-order valence-electron chi connectivity index (χ0n) is 20.0. The number of benzene rings is 1. The highest BCUT2D eigenvalue weighted by molar-refractivity contribution is 7.98. The van der Waals surface area contributed by atoms with Gasteiger partial charge in [0.15, 0.2) is 0 Å². The molecule has 0 atom stereocenters. The van der Waals surface area contributed by atoms with Crippen LogP contribution in [-0.4, -0.2) is 51.4 Å². The standard InChI is InChI=1S/C27H33N5O2S/c33-26(31-16-13-22(14-17-31)30-27(34)29-21-6-2-1-3-7-21)20-9-11-24(12-10-20)35-19-23-18-32-15-5-4-8-25(32)28-23/h4-5,8-12,15,18,21-22H,1-3,6-7,13-14,16-17,19H2,(H2,29,30,34). The van der Waals surface area contributed by atoms with E-state index in [0.29, 0.717) is 24.7 Å². The summed E-state index contributed by atoms with van der Waals surface area (Å²) in [5.41, 5.74) is 2.70. The van der Waals surface area contributed by atoms with E-state index < -0.39 is 0 Å². The second kappa shape index (κ2) is 11.2. The molecule has 5 rings (SSSR count). The van der Waals surface area contributed by atoms with E-state index in [9.17, 15) is 9.59 Å². The number of imidazole rings is 1. The Morgan fingerprint density at radius 1 is 0.914 bits per heavy atom. The number of urea groups is 1. The maximum absolute atomic E-state index is 13.0. The van der Waals surface area contributed by atoms with Gasteiger partial charge >= 0.3 is 6.03 Å². The van der Waals surface area contributed by atoms with Gasteiger partial charge in [0.05, 0.1) is 5.69 Å². The number of nitrogens with one attached hydrogen (secondary N) is 2. The number of pyridine rings is 1. The first-order chi connectivity index (χ1) is 17.1. The summed E-state index contributed by atoms with van der Waals surface area (Å²) in [5.74, 6) is 0.844. The highest BCUT2D eigenvalue weighted by Crippen LogP contribution is 2.24. The summed E-state index contributed by atoms with van der Waals surface area (Å²) < 4.78 is 2.03. The molecule has 35 heavy (non-hydrogen) atoms. The third kappa shape index (κ3) is 6.17. The summed E-state index contributed by atoms with van der Waals surface area (Å²) in [6.45, 7) is 1.33. The molecule has 2 N–H and O–H groups in total. The first kappa shape index (κ1) is 23.7. The lowest BCUT2D eigenvalue weighted by Gasteiger charge is -2.33. The van der Waals surface area contributed by atoms with E-state index >= 15 is 0 Å². The van der Waals surface area contributed by atoms with Gasteiger partial charge in [0, 0.05) is 53.8 Å². The summed E-state index contributed by atoms with van der Waals surface area (Å²) in [4.78, 5) is 33.0. The van der Waals surface area contributed by atoms with E-state index in [-0.39, 0.29) is 18.0 Å². The Morgan fingerprint density at radius 3 is 2.34 bits per heavy atom. The molecular formula is C27H33N5O2S. The molecule has 2 aromatic heterocycles. The summed E-state index contributed by atoms with van der Waals surface area (Å²) in [6, 6.07) is 14.2. The predicted molar refractivity (Wildman–Crippen MR) is 139 cm³/mol. The maximum Gasteiger partial charge on any atom is 0.315 e. The van der Waals surface area contributed by atoms with Gasteiger partial charge in [0.1, 0.15) is 5.65 Å². The average Bonchev–Trinajstić information content (AvgIpc) is 3.31. The van der Waals surface area contributed by atoms with Crippen molar-refractivity contribution in [2.45, 2.75) is 67.7 Å². The number of carbonyl (C=O) groups is 2. The van der Waals surface area contributed by atoms with Crippen molar-refractivity contribution in [2.24, 2.45) is 0 Å². The number of nitrogens with zero attached hydrogens (tertiary/aromatic N) is 3. The monoisotopic (exact) mass is 491 g/mol. The van der Waals surface area contributed by atoms with Crippen LogP contribution in [0.3, 0.4) is 0 Å². The van der Waals surface area contributed by atoms with E-state index in [1.807, 2.05) is 58.0 Å². The van der Waals surface area contributed by atoms with Gasteiger partial charge in [0.25, 0.3) is 5.91 Å². The fraction of sp³-hybridized carbons (Fsp3) is 0.444. The number of piperidine rings is 1. The van der Waals surface area contributed by atoms with Gasteiger partial charge in [-0.1, -0.05) is 25.3 Å². The molecule has 3 aromatic rings. The van der Waals surface area contributed by atoms with Crippen LogP contribution < -0.4 is 10.6 Å². The Hall–Kier alpha value is -3.00. The second-order valence-corrected chi connectivity index (χ2v) is 10.6. The lowest BCUT2D eigenvalue weighted by atomic mass is 9.96. The molecule has 0 unspecified atom stereocenters. The quantitative estimate of drug-likeness (QED) is 0.483. The van der Waals surface area contributed by atoms with Crippen LogP contribution in [0.15, 0.2) is 59.8 Å². The third-order valence-electron chi connectivity index (χ3n) is 6.96. The zero-order valence-corrected chi connectivity index (χ0v) is 20.8. The molecule has 2 fully saturated rings. The number of likely N-dealkylation sites (tertiary alicyclic amines) is 1. The molecule has 0 spiro atoms. The Kier molecular flexibility index (Phi) is 7.57. The smallest absolute Gasteiger partial charge is 0.315 e. The summed E-state index contributed by atoms with van der Waals surface area (Å²) >= 11 is 1.72. The van der Waals surface area contributed by atoms with Crippen LogP contribution >= 0.6 is 11.8 Å². The number of hydrogen-bond acceptors (Lipinski definition) is 4. The molecule has 0 radical (unpaired) electrons. The first-order valence-corrected chi connectivity index (χ1v) is 13.6. The largest absolute Gasteiger partial charge is 0.338 e. The minimum atomic E-state index is -0.0570. The van der Waals surface area contributed by atoms with Gasteiger partial charge in [-0.25, -0.2) is 9.78 Å². The zero-order chi connectivity index (χ0) is 24.0. The van der Waals surface area contributed by atoms with Gasteiger partial charge < -0.3 is 19.9 Å². The number of thioether (sulfide) groups is 1. The van der Waals surface area contributed by atoms with Crippen molar-refractivity contribution in [3.05, 3.63) is 66.1 Å². The number of amides is 3. The molecule has 8 heteroatoms. The van der Waals surface area contributed by atoms with Crippen molar-refractivity contribution in [3.8, 4) is 0 Å². The predicted octanol–water partition coefficient (Wildman–Crippen LogP) is 4.86. The van der Waals surface area contributed by atoms with Crippen molar-refractivity contribution in [2.75, 3.05) is 13.1 Å². The SMILES string of the molecule is O=C(NC1CCCCC1)NC1CCN(C(=O)c2ccc(SCc3cn4ccccc4n3)cc2)CC1. The van der Waals surface area contributed by atoms with E-state index in [4.69, 9.17) is 0 Å². The molecule has 2 aliphatic rings. The average molecular weight is 492 g/mol. The topological polar surface area (TPSA) is 78.7 Å². The lowest BCUT2D eigenvalue weighted by molar-refractivity contribution is 0.0708. The van der Waals surface area contributed by atoms with Crippen LogP contribution in [0.5, 0.6) is 0 Å². The highest BCUT2D eigenvalue weighted by atomic mass is 32.2. The van der Waals surface area contributed by atoms with Crippen molar-refractivity contribution in [1.29, 1.82) is 0 Å². The Morgan fingerprint density at radius 2 is 1.63 bits per heavy atom. The number of hydrogen-bond donors (Lipinski definition) is 2. The van der Waals surface area contributed by atoms with Crippen LogP contribution in [-0.2, 0) is 5.75 Å².